The van der Waals surface area contributed by atoms with E-state index < -0.39 is 0 Å². The fraction of sp³-hybridized carbons (Fsp3) is 0.267. The molecule has 1 amide bonds. The normalized spacial score (nSPS) is 14.6. The molecule has 1 fully saturated rings. The van der Waals surface area contributed by atoms with Gasteiger partial charge in [-0.05, 0) is 12.1 Å². The number of carbonyl (C=O) groups is 1. The van der Waals surface area contributed by atoms with Crippen molar-refractivity contribution in [2.75, 3.05) is 42.1 Å². The summed E-state index contributed by atoms with van der Waals surface area (Å²) in [5.41, 5.74) is 7.32. The summed E-state index contributed by atoms with van der Waals surface area (Å²) in [6, 6.07) is 7.12. The number of para-hydroxylation sites is 2. The van der Waals surface area contributed by atoms with Crippen LogP contribution in [-0.2, 0) is 0 Å². The molecule has 7 heteroatoms. The summed E-state index contributed by atoms with van der Waals surface area (Å²) >= 11 is 0. The van der Waals surface area contributed by atoms with Gasteiger partial charge in [0.2, 0.25) is 5.95 Å². The van der Waals surface area contributed by atoms with E-state index in [1.54, 1.807) is 24.5 Å². The molecule has 0 aliphatic carbocycles. The van der Waals surface area contributed by atoms with Crippen molar-refractivity contribution in [3.8, 4) is 0 Å². The van der Waals surface area contributed by atoms with E-state index in [4.69, 9.17) is 5.73 Å². The number of aromatic nitrogens is 2. The minimum absolute atomic E-state index is 0.273. The molecule has 114 valence electrons. The average molecular weight is 298 g/mol. The molecule has 0 spiro atoms. The van der Waals surface area contributed by atoms with E-state index in [1.807, 2.05) is 12.1 Å². The van der Waals surface area contributed by atoms with Gasteiger partial charge in [0.05, 0.1) is 16.9 Å². The molecule has 1 aromatic carbocycles. The van der Waals surface area contributed by atoms with Crippen LogP contribution in [0.4, 0.5) is 17.3 Å². The van der Waals surface area contributed by atoms with Gasteiger partial charge < -0.3 is 21.3 Å². The van der Waals surface area contributed by atoms with Crippen LogP contribution < -0.4 is 21.3 Å². The molecule has 1 aliphatic rings. The number of carbonyl (C=O) groups excluding carboxylic acids is 1. The number of anilines is 3. The summed E-state index contributed by atoms with van der Waals surface area (Å²) in [6.07, 6.45) is 3.08. The summed E-state index contributed by atoms with van der Waals surface area (Å²) in [5.74, 6) is 0.377. The molecule has 22 heavy (non-hydrogen) atoms. The average Bonchev–Trinajstić information content (AvgIpc) is 2.58. The van der Waals surface area contributed by atoms with Crippen molar-refractivity contribution in [2.45, 2.75) is 0 Å². The van der Waals surface area contributed by atoms with Crippen molar-refractivity contribution in [1.82, 2.24) is 15.3 Å². The molecule has 1 aromatic heterocycles. The highest BCUT2D eigenvalue weighted by molar-refractivity contribution is 6.05. The predicted octanol–water partition coefficient (Wildman–Crippen LogP) is 0.721. The standard InChI is InChI=1S/C15H18N6O/c16-12-3-1-2-4-13(12)20-14(22)11-9-18-15(19-10-11)21-7-5-17-6-8-21/h1-4,9-10,17H,5-8,16H2,(H,20,22). The third kappa shape index (κ3) is 3.15. The Kier molecular flexibility index (Phi) is 4.15. The van der Waals surface area contributed by atoms with Crippen molar-refractivity contribution in [2.24, 2.45) is 0 Å². The number of nitrogens with zero attached hydrogens (tertiary/aromatic N) is 3. The SMILES string of the molecule is Nc1ccccc1NC(=O)c1cnc(N2CCNCC2)nc1. The summed E-state index contributed by atoms with van der Waals surface area (Å²) in [7, 11) is 0. The number of hydrogen-bond acceptors (Lipinski definition) is 6. The van der Waals surface area contributed by atoms with E-state index in [0.29, 0.717) is 22.9 Å². The smallest absolute Gasteiger partial charge is 0.258 e. The molecule has 2 heterocycles. The van der Waals surface area contributed by atoms with Gasteiger partial charge in [-0.15, -0.1) is 0 Å². The van der Waals surface area contributed by atoms with Crippen molar-refractivity contribution < 1.29 is 4.79 Å². The molecule has 2 aromatic rings. The zero-order valence-corrected chi connectivity index (χ0v) is 12.1. The van der Waals surface area contributed by atoms with Crippen LogP contribution in [0.3, 0.4) is 0 Å². The molecule has 0 bridgehead atoms. The first kappa shape index (κ1) is 14.3. The number of nitrogen functional groups attached to an aromatic ring is 1. The minimum Gasteiger partial charge on any atom is -0.397 e. The number of piperazine rings is 1. The Bertz CT molecular complexity index is 651. The topological polar surface area (TPSA) is 96.2 Å². The zero-order valence-electron chi connectivity index (χ0n) is 12.1. The predicted molar refractivity (Wildman–Crippen MR) is 85.9 cm³/mol. The molecule has 0 unspecified atom stereocenters. The Hall–Kier alpha value is -2.67. The van der Waals surface area contributed by atoms with Crippen LogP contribution in [-0.4, -0.2) is 42.1 Å². The fourth-order valence-corrected chi connectivity index (χ4v) is 2.27. The van der Waals surface area contributed by atoms with Crippen molar-refractivity contribution in [3.63, 3.8) is 0 Å². The lowest BCUT2D eigenvalue weighted by molar-refractivity contribution is 0.102. The van der Waals surface area contributed by atoms with E-state index in [1.165, 1.54) is 0 Å². The summed E-state index contributed by atoms with van der Waals surface area (Å²) < 4.78 is 0. The van der Waals surface area contributed by atoms with E-state index in [9.17, 15) is 4.79 Å². The van der Waals surface area contributed by atoms with Crippen LogP contribution in [0, 0.1) is 0 Å². The second-order valence-corrected chi connectivity index (χ2v) is 5.05. The highest BCUT2D eigenvalue weighted by Crippen LogP contribution is 2.17. The number of hydrogen-bond donors (Lipinski definition) is 3. The molecule has 0 atom stereocenters. The van der Waals surface area contributed by atoms with Gasteiger partial charge in [0.25, 0.3) is 5.91 Å². The molecule has 1 saturated heterocycles. The molecule has 3 rings (SSSR count). The lowest BCUT2D eigenvalue weighted by Gasteiger charge is -2.27. The Morgan fingerprint density at radius 1 is 1.18 bits per heavy atom. The Balaban J connectivity index is 1.69. The Morgan fingerprint density at radius 3 is 2.55 bits per heavy atom. The molecule has 4 N–H and O–H groups in total. The van der Waals surface area contributed by atoms with Crippen LogP contribution in [0.15, 0.2) is 36.7 Å². The van der Waals surface area contributed by atoms with E-state index in [-0.39, 0.29) is 5.91 Å². The molecule has 1 aliphatic heterocycles. The first-order valence-corrected chi connectivity index (χ1v) is 7.17. The summed E-state index contributed by atoms with van der Waals surface area (Å²) in [5, 5.41) is 6.03. The van der Waals surface area contributed by atoms with Crippen LogP contribution in [0.5, 0.6) is 0 Å². The van der Waals surface area contributed by atoms with Crippen LogP contribution in [0.1, 0.15) is 10.4 Å². The molecular formula is C15H18N6O. The molecule has 7 nitrogen and oxygen atoms in total. The number of amides is 1. The van der Waals surface area contributed by atoms with Crippen molar-refractivity contribution in [3.05, 3.63) is 42.2 Å². The highest BCUT2D eigenvalue weighted by atomic mass is 16.1. The van der Waals surface area contributed by atoms with Gasteiger partial charge in [-0.1, -0.05) is 12.1 Å². The largest absolute Gasteiger partial charge is 0.397 e. The van der Waals surface area contributed by atoms with E-state index in [0.717, 1.165) is 26.2 Å². The first-order valence-electron chi connectivity index (χ1n) is 7.17. The van der Waals surface area contributed by atoms with Crippen LogP contribution in [0.2, 0.25) is 0 Å². The maximum absolute atomic E-state index is 12.2. The Morgan fingerprint density at radius 2 is 1.86 bits per heavy atom. The molecular weight excluding hydrogens is 280 g/mol. The molecule has 0 radical (unpaired) electrons. The lowest BCUT2D eigenvalue weighted by Crippen LogP contribution is -2.44. The fourth-order valence-electron chi connectivity index (χ4n) is 2.27. The maximum atomic E-state index is 12.2. The summed E-state index contributed by atoms with van der Waals surface area (Å²) in [6.45, 7) is 3.57. The first-order chi connectivity index (χ1) is 10.7. The minimum atomic E-state index is -0.273. The van der Waals surface area contributed by atoms with Crippen molar-refractivity contribution in [1.29, 1.82) is 0 Å². The monoisotopic (exact) mass is 298 g/mol. The van der Waals surface area contributed by atoms with Crippen LogP contribution in [0.25, 0.3) is 0 Å². The van der Waals surface area contributed by atoms with Crippen molar-refractivity contribution >= 4 is 23.2 Å². The molecule has 0 saturated carbocycles. The second kappa shape index (κ2) is 6.40. The van der Waals surface area contributed by atoms with Gasteiger partial charge >= 0.3 is 0 Å². The van der Waals surface area contributed by atoms with Gasteiger partial charge in [0.1, 0.15) is 0 Å². The van der Waals surface area contributed by atoms with E-state index >= 15 is 0 Å². The maximum Gasteiger partial charge on any atom is 0.258 e. The third-order valence-electron chi connectivity index (χ3n) is 3.51. The number of benzene rings is 1. The highest BCUT2D eigenvalue weighted by Gasteiger charge is 2.14. The van der Waals surface area contributed by atoms with Crippen LogP contribution >= 0.6 is 0 Å². The third-order valence-corrected chi connectivity index (χ3v) is 3.51. The van der Waals surface area contributed by atoms with E-state index in [2.05, 4.69) is 25.5 Å². The number of rotatable bonds is 3. The Labute approximate surface area is 128 Å². The van der Waals surface area contributed by atoms with Gasteiger partial charge in [-0.2, -0.15) is 0 Å². The zero-order chi connectivity index (χ0) is 15.4. The quantitative estimate of drug-likeness (QED) is 0.723. The van der Waals surface area contributed by atoms with Gasteiger partial charge in [-0.25, -0.2) is 9.97 Å². The van der Waals surface area contributed by atoms with Gasteiger partial charge in [0, 0.05) is 38.6 Å². The van der Waals surface area contributed by atoms with Gasteiger partial charge in [0.15, 0.2) is 0 Å². The number of nitrogens with one attached hydrogen (secondary N) is 2. The summed E-state index contributed by atoms with van der Waals surface area (Å²) in [4.78, 5) is 22.8. The number of nitrogens with two attached hydrogens (primary N) is 1. The van der Waals surface area contributed by atoms with Gasteiger partial charge in [-0.3, -0.25) is 4.79 Å². The lowest BCUT2D eigenvalue weighted by atomic mass is 10.2. The second-order valence-electron chi connectivity index (χ2n) is 5.05.